The molecule has 1 amide bonds. The van der Waals surface area contributed by atoms with Crippen molar-refractivity contribution in [3.63, 3.8) is 0 Å². The van der Waals surface area contributed by atoms with Gasteiger partial charge in [-0.25, -0.2) is 8.78 Å². The predicted molar refractivity (Wildman–Crippen MR) is 156 cm³/mol. The SMILES string of the molecule is CC1C(C(=O)c2cnn(C3CC3)c2)NC=C(NC(=O)c2cc(F)cc(C(F)(F)F)c2)C1(c1ccccc1)c1cc(F)ccc1Cl. The molecule has 1 aliphatic carbocycles. The van der Waals surface area contributed by atoms with E-state index >= 15 is 0 Å². The van der Waals surface area contributed by atoms with Crippen LogP contribution in [0.4, 0.5) is 22.0 Å². The highest BCUT2D eigenvalue weighted by atomic mass is 35.5. The number of alkyl halides is 3. The average Bonchev–Trinajstić information content (AvgIpc) is 3.74. The number of carbonyl (C=O) groups is 2. The third kappa shape index (κ3) is 5.61. The molecule has 1 fully saturated rings. The minimum absolute atomic E-state index is 0.0641. The third-order valence-corrected chi connectivity index (χ3v) is 8.75. The summed E-state index contributed by atoms with van der Waals surface area (Å²) in [4.78, 5) is 27.6. The van der Waals surface area contributed by atoms with Crippen LogP contribution in [-0.2, 0) is 11.6 Å². The van der Waals surface area contributed by atoms with Gasteiger partial charge in [-0.15, -0.1) is 0 Å². The van der Waals surface area contributed by atoms with Gasteiger partial charge >= 0.3 is 6.18 Å². The van der Waals surface area contributed by atoms with Crippen molar-refractivity contribution in [2.24, 2.45) is 5.92 Å². The number of nitrogens with one attached hydrogen (secondary N) is 2. The molecule has 2 aliphatic rings. The third-order valence-electron chi connectivity index (χ3n) is 8.42. The van der Waals surface area contributed by atoms with Crippen LogP contribution in [0.3, 0.4) is 0 Å². The number of rotatable bonds is 7. The Hall–Kier alpha value is -4.51. The van der Waals surface area contributed by atoms with E-state index in [2.05, 4.69) is 15.7 Å². The molecule has 3 atom stereocenters. The highest BCUT2D eigenvalue weighted by molar-refractivity contribution is 6.31. The van der Waals surface area contributed by atoms with Gasteiger partial charge in [0, 0.05) is 34.6 Å². The van der Waals surface area contributed by atoms with Gasteiger partial charge in [0.15, 0.2) is 5.78 Å². The van der Waals surface area contributed by atoms with E-state index in [1.54, 1.807) is 48.1 Å². The first-order chi connectivity index (χ1) is 21.4. The Balaban J connectivity index is 1.51. The van der Waals surface area contributed by atoms with Crippen LogP contribution in [0.25, 0.3) is 0 Å². The molecule has 6 nitrogen and oxygen atoms in total. The molecule has 0 spiro atoms. The minimum Gasteiger partial charge on any atom is -0.379 e. The molecule has 232 valence electrons. The lowest BCUT2D eigenvalue weighted by Gasteiger charge is -2.48. The van der Waals surface area contributed by atoms with Crippen LogP contribution in [0.1, 0.15) is 63.2 Å². The molecule has 1 saturated carbocycles. The Kier molecular flexibility index (Phi) is 7.76. The van der Waals surface area contributed by atoms with Crippen molar-refractivity contribution >= 4 is 23.3 Å². The zero-order valence-corrected chi connectivity index (χ0v) is 24.5. The number of ketones is 1. The average molecular weight is 641 g/mol. The zero-order chi connectivity index (χ0) is 32.1. The fourth-order valence-corrected chi connectivity index (χ4v) is 6.36. The number of carbonyl (C=O) groups excluding carboxylic acids is 2. The second-order valence-electron chi connectivity index (χ2n) is 11.3. The Morgan fingerprint density at radius 3 is 2.42 bits per heavy atom. The van der Waals surface area contributed by atoms with Crippen molar-refractivity contribution in [1.29, 1.82) is 0 Å². The largest absolute Gasteiger partial charge is 0.416 e. The van der Waals surface area contributed by atoms with Gasteiger partial charge in [0.05, 0.1) is 34.8 Å². The van der Waals surface area contributed by atoms with Crippen LogP contribution in [-0.4, -0.2) is 27.5 Å². The molecule has 4 aromatic rings. The summed E-state index contributed by atoms with van der Waals surface area (Å²) < 4.78 is 71.4. The lowest BCUT2D eigenvalue weighted by atomic mass is 9.60. The lowest BCUT2D eigenvalue weighted by Crippen LogP contribution is -2.57. The number of amides is 1. The molecular weight excluding hydrogens is 615 g/mol. The van der Waals surface area contributed by atoms with Crippen LogP contribution >= 0.6 is 11.6 Å². The highest BCUT2D eigenvalue weighted by Gasteiger charge is 2.52. The maximum Gasteiger partial charge on any atom is 0.416 e. The van der Waals surface area contributed by atoms with Crippen LogP contribution < -0.4 is 10.6 Å². The normalized spacial score (nSPS) is 21.5. The monoisotopic (exact) mass is 640 g/mol. The highest BCUT2D eigenvalue weighted by Crippen LogP contribution is 2.50. The number of hydrogen-bond acceptors (Lipinski definition) is 4. The topological polar surface area (TPSA) is 76.0 Å². The number of halogens is 6. The molecule has 3 unspecified atom stereocenters. The number of nitrogens with zero attached hydrogens (tertiary/aromatic N) is 2. The van der Waals surface area contributed by atoms with Gasteiger partial charge in [-0.1, -0.05) is 48.9 Å². The molecule has 3 aromatic carbocycles. The quantitative estimate of drug-likeness (QED) is 0.165. The minimum atomic E-state index is -4.90. The molecule has 0 radical (unpaired) electrons. The van der Waals surface area contributed by atoms with E-state index in [1.807, 2.05) is 0 Å². The molecule has 6 rings (SSSR count). The first kappa shape index (κ1) is 30.5. The molecule has 0 bridgehead atoms. The number of Topliss-reactive ketones (excluding diaryl/α,β-unsaturated/α-hetero) is 1. The Morgan fingerprint density at radius 1 is 1.00 bits per heavy atom. The van der Waals surface area contributed by atoms with Crippen molar-refractivity contribution < 1.29 is 31.5 Å². The number of benzene rings is 3. The van der Waals surface area contributed by atoms with E-state index in [9.17, 15) is 31.5 Å². The molecule has 1 aromatic heterocycles. The van der Waals surface area contributed by atoms with Gasteiger partial charge in [0.25, 0.3) is 5.91 Å². The summed E-state index contributed by atoms with van der Waals surface area (Å²) in [5, 5.41) is 10.1. The summed E-state index contributed by atoms with van der Waals surface area (Å²) in [5.74, 6) is -4.05. The Bertz CT molecular complexity index is 1820. The van der Waals surface area contributed by atoms with E-state index in [-0.39, 0.29) is 28.1 Å². The maximum atomic E-state index is 15.0. The smallest absolute Gasteiger partial charge is 0.379 e. The van der Waals surface area contributed by atoms with E-state index in [0.29, 0.717) is 29.3 Å². The van der Waals surface area contributed by atoms with Crippen LogP contribution in [0.5, 0.6) is 0 Å². The molecule has 12 heteroatoms. The van der Waals surface area contributed by atoms with Crippen molar-refractivity contribution in [1.82, 2.24) is 20.4 Å². The van der Waals surface area contributed by atoms with Gasteiger partial charge in [-0.2, -0.15) is 18.3 Å². The summed E-state index contributed by atoms with van der Waals surface area (Å²) in [5.41, 5.74) is -2.31. The number of allylic oxidation sites excluding steroid dienone is 1. The van der Waals surface area contributed by atoms with Crippen molar-refractivity contribution in [2.75, 3.05) is 0 Å². The van der Waals surface area contributed by atoms with E-state index < -0.39 is 52.2 Å². The van der Waals surface area contributed by atoms with Crippen LogP contribution in [0, 0.1) is 17.6 Å². The molecular formula is C33H26ClF5N4O2. The first-order valence-electron chi connectivity index (χ1n) is 14.1. The van der Waals surface area contributed by atoms with Crippen molar-refractivity contribution in [3.05, 3.63) is 135 Å². The van der Waals surface area contributed by atoms with Gasteiger partial charge in [0.1, 0.15) is 11.6 Å². The standard InChI is InChI=1S/C33H26ClF5N4O2/c1-18-29(30(44)20-15-41-43(17-20)25-8-9-25)40-16-28(42-31(45)19-11-22(33(37,38)39)13-24(36)12-19)32(18,21-5-3-2-4-6-21)26-14-23(35)7-10-27(26)34/h2-7,10-18,25,29,40H,8-9H2,1H3,(H,42,45). The Labute approximate surface area is 259 Å². The maximum absolute atomic E-state index is 15.0. The summed E-state index contributed by atoms with van der Waals surface area (Å²) in [6.45, 7) is 1.73. The first-order valence-corrected chi connectivity index (χ1v) is 14.5. The fourth-order valence-electron chi connectivity index (χ4n) is 6.09. The number of aromatic nitrogens is 2. The van der Waals surface area contributed by atoms with Gasteiger partial charge < -0.3 is 10.6 Å². The van der Waals surface area contributed by atoms with E-state index in [4.69, 9.17) is 11.6 Å². The Morgan fingerprint density at radius 2 is 1.73 bits per heavy atom. The second kappa shape index (κ2) is 11.4. The van der Waals surface area contributed by atoms with Gasteiger partial charge in [-0.05, 0) is 60.4 Å². The zero-order valence-electron chi connectivity index (χ0n) is 23.7. The van der Waals surface area contributed by atoms with Crippen molar-refractivity contribution in [3.8, 4) is 0 Å². The van der Waals surface area contributed by atoms with Gasteiger partial charge in [-0.3, -0.25) is 14.3 Å². The van der Waals surface area contributed by atoms with Gasteiger partial charge in [0.2, 0.25) is 0 Å². The lowest BCUT2D eigenvalue weighted by molar-refractivity contribution is -0.137. The molecule has 2 N–H and O–H groups in total. The van der Waals surface area contributed by atoms with E-state index in [0.717, 1.165) is 12.8 Å². The van der Waals surface area contributed by atoms with Crippen LogP contribution in [0.2, 0.25) is 5.02 Å². The fraction of sp³-hybridized carbons (Fsp3) is 0.242. The number of hydrogen-bond donors (Lipinski definition) is 2. The molecule has 2 heterocycles. The summed E-state index contributed by atoms with van der Waals surface area (Å²) in [6, 6.07) is 13.2. The predicted octanol–water partition coefficient (Wildman–Crippen LogP) is 7.22. The second-order valence-corrected chi connectivity index (χ2v) is 11.7. The van der Waals surface area contributed by atoms with E-state index in [1.165, 1.54) is 30.6 Å². The van der Waals surface area contributed by atoms with Crippen molar-refractivity contribution in [2.45, 2.75) is 43.4 Å². The van der Waals surface area contributed by atoms with Crippen LogP contribution in [0.15, 0.2) is 91.0 Å². The summed E-state index contributed by atoms with van der Waals surface area (Å²) in [7, 11) is 0. The summed E-state index contributed by atoms with van der Waals surface area (Å²) in [6.07, 6.45) is 1.55. The molecule has 45 heavy (non-hydrogen) atoms. The molecule has 0 saturated heterocycles. The summed E-state index contributed by atoms with van der Waals surface area (Å²) >= 11 is 6.73. The molecule has 1 aliphatic heterocycles.